The third-order valence-electron chi connectivity index (χ3n) is 2.74. The maximum absolute atomic E-state index is 11.7. The van der Waals surface area contributed by atoms with Crippen LogP contribution in [0.5, 0.6) is 0 Å². The molecule has 5 nitrogen and oxygen atoms in total. The van der Waals surface area contributed by atoms with E-state index >= 15 is 0 Å². The monoisotopic (exact) mass is 290 g/mol. The van der Waals surface area contributed by atoms with E-state index in [1.807, 2.05) is 38.1 Å². The van der Waals surface area contributed by atoms with Gasteiger partial charge in [-0.05, 0) is 45.4 Å². The Bertz CT molecular complexity index is 466. The summed E-state index contributed by atoms with van der Waals surface area (Å²) in [6, 6.07) is 7.88. The molecule has 1 rings (SSSR count). The van der Waals surface area contributed by atoms with E-state index in [0.717, 1.165) is 18.1 Å². The van der Waals surface area contributed by atoms with E-state index < -0.39 is 0 Å². The normalized spacial score (nSPS) is 11.4. The van der Waals surface area contributed by atoms with Crippen molar-refractivity contribution in [2.24, 2.45) is 4.99 Å². The van der Waals surface area contributed by atoms with Gasteiger partial charge in [0.05, 0.1) is 6.54 Å². The Hall–Kier alpha value is -2.04. The fourth-order valence-corrected chi connectivity index (χ4v) is 1.79. The van der Waals surface area contributed by atoms with E-state index in [1.54, 1.807) is 0 Å². The Morgan fingerprint density at radius 2 is 1.71 bits per heavy atom. The molecule has 0 aliphatic carbocycles. The predicted octanol–water partition coefficient (Wildman–Crippen LogP) is 1.90. The molecule has 3 N–H and O–H groups in total. The SMILES string of the molecule is CCNC(=O)c1ccc(CN=C(NCC)NC(C)C)cc1. The number of guanidine groups is 1. The summed E-state index contributed by atoms with van der Waals surface area (Å²) in [5.74, 6) is 0.766. The van der Waals surface area contributed by atoms with Gasteiger partial charge in [-0.15, -0.1) is 0 Å². The summed E-state index contributed by atoms with van der Waals surface area (Å²) in [7, 11) is 0. The average Bonchev–Trinajstić information content (AvgIpc) is 2.45. The zero-order valence-electron chi connectivity index (χ0n) is 13.4. The largest absolute Gasteiger partial charge is 0.357 e. The van der Waals surface area contributed by atoms with Gasteiger partial charge in [0.1, 0.15) is 0 Å². The van der Waals surface area contributed by atoms with Crippen LogP contribution in [-0.2, 0) is 6.54 Å². The van der Waals surface area contributed by atoms with Gasteiger partial charge in [0.2, 0.25) is 0 Å². The Labute approximate surface area is 127 Å². The molecular weight excluding hydrogens is 264 g/mol. The summed E-state index contributed by atoms with van der Waals surface area (Å²) in [5.41, 5.74) is 1.75. The number of amides is 1. The number of nitrogens with one attached hydrogen (secondary N) is 3. The molecule has 0 heterocycles. The summed E-state index contributed by atoms with van der Waals surface area (Å²) >= 11 is 0. The lowest BCUT2D eigenvalue weighted by molar-refractivity contribution is 0.0956. The zero-order valence-corrected chi connectivity index (χ0v) is 13.4. The molecule has 0 saturated heterocycles. The molecule has 0 radical (unpaired) electrons. The van der Waals surface area contributed by atoms with Crippen molar-refractivity contribution < 1.29 is 4.79 Å². The van der Waals surface area contributed by atoms with E-state index in [2.05, 4.69) is 34.8 Å². The van der Waals surface area contributed by atoms with Crippen molar-refractivity contribution in [1.29, 1.82) is 0 Å². The number of rotatable bonds is 6. The summed E-state index contributed by atoms with van der Waals surface area (Å²) < 4.78 is 0. The highest BCUT2D eigenvalue weighted by Crippen LogP contribution is 2.05. The lowest BCUT2D eigenvalue weighted by atomic mass is 10.1. The van der Waals surface area contributed by atoms with Crippen molar-refractivity contribution in [3.63, 3.8) is 0 Å². The molecule has 0 atom stereocenters. The minimum Gasteiger partial charge on any atom is -0.357 e. The molecule has 0 saturated carbocycles. The van der Waals surface area contributed by atoms with E-state index in [0.29, 0.717) is 24.7 Å². The number of aliphatic imine (C=N–C) groups is 1. The maximum atomic E-state index is 11.7. The fourth-order valence-electron chi connectivity index (χ4n) is 1.79. The third-order valence-corrected chi connectivity index (χ3v) is 2.74. The zero-order chi connectivity index (χ0) is 15.7. The van der Waals surface area contributed by atoms with Crippen molar-refractivity contribution in [3.05, 3.63) is 35.4 Å². The molecule has 116 valence electrons. The molecule has 0 aliphatic heterocycles. The number of hydrogen-bond donors (Lipinski definition) is 3. The van der Waals surface area contributed by atoms with E-state index in [-0.39, 0.29) is 5.91 Å². The molecule has 0 spiro atoms. The first kappa shape index (κ1) is 17.0. The number of carbonyl (C=O) groups is 1. The Morgan fingerprint density at radius 1 is 1.10 bits per heavy atom. The van der Waals surface area contributed by atoms with Crippen LogP contribution in [0.2, 0.25) is 0 Å². The second-order valence-electron chi connectivity index (χ2n) is 5.05. The van der Waals surface area contributed by atoms with Crippen LogP contribution in [0.1, 0.15) is 43.6 Å². The molecule has 0 aromatic heterocycles. The molecule has 0 bridgehead atoms. The molecule has 5 heteroatoms. The van der Waals surface area contributed by atoms with Crippen LogP contribution in [0.3, 0.4) is 0 Å². The lowest BCUT2D eigenvalue weighted by Gasteiger charge is -2.14. The predicted molar refractivity (Wildman–Crippen MR) is 87.5 cm³/mol. The summed E-state index contributed by atoms with van der Waals surface area (Å²) in [6.45, 7) is 10.1. The van der Waals surface area contributed by atoms with Gasteiger partial charge in [-0.3, -0.25) is 4.79 Å². The van der Waals surface area contributed by atoms with Crippen molar-refractivity contribution in [2.75, 3.05) is 13.1 Å². The van der Waals surface area contributed by atoms with Gasteiger partial charge in [0.25, 0.3) is 5.91 Å². The molecule has 1 amide bonds. The molecular formula is C16H26N4O. The first-order valence-electron chi connectivity index (χ1n) is 7.48. The van der Waals surface area contributed by atoms with Crippen LogP contribution in [-0.4, -0.2) is 31.0 Å². The fraction of sp³-hybridized carbons (Fsp3) is 0.500. The van der Waals surface area contributed by atoms with Gasteiger partial charge < -0.3 is 16.0 Å². The molecule has 1 aromatic rings. The van der Waals surface area contributed by atoms with Gasteiger partial charge >= 0.3 is 0 Å². The van der Waals surface area contributed by atoms with Crippen LogP contribution in [0.4, 0.5) is 0 Å². The van der Waals surface area contributed by atoms with Crippen molar-refractivity contribution in [1.82, 2.24) is 16.0 Å². The third kappa shape index (κ3) is 6.29. The van der Waals surface area contributed by atoms with E-state index in [9.17, 15) is 4.79 Å². The summed E-state index contributed by atoms with van der Waals surface area (Å²) in [5, 5.41) is 9.26. The topological polar surface area (TPSA) is 65.5 Å². The number of benzene rings is 1. The number of carbonyl (C=O) groups excluding carboxylic acids is 1. The molecule has 0 aliphatic rings. The highest BCUT2D eigenvalue weighted by Gasteiger charge is 2.04. The Kier molecular flexibility index (Phi) is 7.29. The van der Waals surface area contributed by atoms with Crippen molar-refractivity contribution >= 4 is 11.9 Å². The minimum absolute atomic E-state index is 0.0395. The van der Waals surface area contributed by atoms with E-state index in [4.69, 9.17) is 0 Å². The van der Waals surface area contributed by atoms with Crippen LogP contribution < -0.4 is 16.0 Å². The molecule has 21 heavy (non-hydrogen) atoms. The van der Waals surface area contributed by atoms with Crippen LogP contribution in [0.15, 0.2) is 29.3 Å². The average molecular weight is 290 g/mol. The second-order valence-corrected chi connectivity index (χ2v) is 5.05. The Morgan fingerprint density at radius 3 is 2.24 bits per heavy atom. The standard InChI is InChI=1S/C16H26N4O/c1-5-17-15(21)14-9-7-13(8-10-14)11-19-16(18-6-2)20-12(3)4/h7-10,12H,5-6,11H2,1-4H3,(H,17,21)(H2,18,19,20). The van der Waals surface area contributed by atoms with Crippen LogP contribution >= 0.6 is 0 Å². The van der Waals surface area contributed by atoms with E-state index in [1.165, 1.54) is 0 Å². The van der Waals surface area contributed by atoms with Crippen molar-refractivity contribution in [3.8, 4) is 0 Å². The van der Waals surface area contributed by atoms with Gasteiger partial charge in [-0.25, -0.2) is 4.99 Å². The highest BCUT2D eigenvalue weighted by atomic mass is 16.1. The van der Waals surface area contributed by atoms with Gasteiger partial charge in [-0.1, -0.05) is 12.1 Å². The Balaban J connectivity index is 2.67. The summed E-state index contributed by atoms with van der Waals surface area (Å²) in [6.07, 6.45) is 0. The number of hydrogen-bond acceptors (Lipinski definition) is 2. The van der Waals surface area contributed by atoms with Crippen molar-refractivity contribution in [2.45, 2.75) is 40.3 Å². The van der Waals surface area contributed by atoms with Gasteiger partial charge in [0.15, 0.2) is 5.96 Å². The van der Waals surface area contributed by atoms with Crippen LogP contribution in [0.25, 0.3) is 0 Å². The smallest absolute Gasteiger partial charge is 0.251 e. The first-order chi connectivity index (χ1) is 10.1. The minimum atomic E-state index is -0.0395. The van der Waals surface area contributed by atoms with Gasteiger partial charge in [0, 0.05) is 24.7 Å². The first-order valence-corrected chi connectivity index (χ1v) is 7.48. The molecule has 1 aromatic carbocycles. The number of nitrogens with zero attached hydrogens (tertiary/aromatic N) is 1. The quantitative estimate of drug-likeness (QED) is 0.554. The lowest BCUT2D eigenvalue weighted by Crippen LogP contribution is -2.40. The molecule has 0 fully saturated rings. The van der Waals surface area contributed by atoms with Gasteiger partial charge in [-0.2, -0.15) is 0 Å². The van der Waals surface area contributed by atoms with Crippen LogP contribution in [0, 0.1) is 0 Å². The maximum Gasteiger partial charge on any atom is 0.251 e. The molecule has 0 unspecified atom stereocenters. The highest BCUT2D eigenvalue weighted by molar-refractivity contribution is 5.94. The summed E-state index contributed by atoms with van der Waals surface area (Å²) in [4.78, 5) is 16.2. The second kappa shape index (κ2) is 9.00.